The Morgan fingerprint density at radius 1 is 1.37 bits per heavy atom. The van der Waals surface area contributed by atoms with E-state index in [9.17, 15) is 4.79 Å². The maximum atomic E-state index is 10.5. The lowest BCUT2D eigenvalue weighted by atomic mass is 10.0. The summed E-state index contributed by atoms with van der Waals surface area (Å²) in [4.78, 5) is 14.3. The van der Waals surface area contributed by atoms with E-state index in [-0.39, 0.29) is 0 Å². The van der Waals surface area contributed by atoms with E-state index in [1.54, 1.807) is 0 Å². The molecule has 1 aromatic rings. The number of aliphatic carboxylic acids is 1. The van der Waals surface area contributed by atoms with E-state index in [1.165, 1.54) is 4.90 Å². The first-order valence-corrected chi connectivity index (χ1v) is 7.84. The SMILES string of the molecule is O=C(O)CCC1CCN(CCSc2ccccc2)C1. The molecule has 104 valence electrons. The van der Waals surface area contributed by atoms with Crippen LogP contribution in [-0.2, 0) is 4.79 Å². The second-order valence-corrected chi connectivity index (χ2v) is 6.22. The molecule has 1 atom stereocenters. The summed E-state index contributed by atoms with van der Waals surface area (Å²) in [5.74, 6) is 1.02. The molecule has 0 amide bonds. The molecule has 0 bridgehead atoms. The molecule has 1 aliphatic rings. The molecule has 19 heavy (non-hydrogen) atoms. The van der Waals surface area contributed by atoms with Crippen LogP contribution >= 0.6 is 11.8 Å². The van der Waals surface area contributed by atoms with E-state index in [0.717, 1.165) is 38.2 Å². The van der Waals surface area contributed by atoms with Gasteiger partial charge in [0.1, 0.15) is 0 Å². The summed E-state index contributed by atoms with van der Waals surface area (Å²) in [6.45, 7) is 3.30. The Morgan fingerprint density at radius 2 is 2.16 bits per heavy atom. The van der Waals surface area contributed by atoms with Gasteiger partial charge in [0.05, 0.1) is 0 Å². The van der Waals surface area contributed by atoms with Crippen molar-refractivity contribution < 1.29 is 9.90 Å². The summed E-state index contributed by atoms with van der Waals surface area (Å²) < 4.78 is 0. The van der Waals surface area contributed by atoms with Crippen LogP contribution in [0.5, 0.6) is 0 Å². The van der Waals surface area contributed by atoms with Crippen LogP contribution in [0.4, 0.5) is 0 Å². The largest absolute Gasteiger partial charge is 0.481 e. The lowest BCUT2D eigenvalue weighted by Crippen LogP contribution is -2.23. The highest BCUT2D eigenvalue weighted by Gasteiger charge is 2.22. The van der Waals surface area contributed by atoms with E-state index >= 15 is 0 Å². The minimum absolute atomic E-state index is 0.317. The van der Waals surface area contributed by atoms with Gasteiger partial charge in [-0.1, -0.05) is 18.2 Å². The van der Waals surface area contributed by atoms with Gasteiger partial charge >= 0.3 is 5.97 Å². The van der Waals surface area contributed by atoms with Crippen molar-refractivity contribution in [2.24, 2.45) is 5.92 Å². The Hall–Kier alpha value is -1.00. The number of hydrogen-bond acceptors (Lipinski definition) is 3. The number of carboxylic acids is 1. The number of benzene rings is 1. The molecule has 0 radical (unpaired) electrons. The predicted molar refractivity (Wildman–Crippen MR) is 78.6 cm³/mol. The Morgan fingerprint density at radius 3 is 2.89 bits per heavy atom. The van der Waals surface area contributed by atoms with Crippen LogP contribution in [0.15, 0.2) is 35.2 Å². The van der Waals surface area contributed by atoms with Crippen molar-refractivity contribution in [2.45, 2.75) is 24.2 Å². The predicted octanol–water partition coefficient (Wildman–Crippen LogP) is 2.97. The van der Waals surface area contributed by atoms with Crippen LogP contribution in [-0.4, -0.2) is 41.4 Å². The fourth-order valence-electron chi connectivity index (χ4n) is 2.49. The lowest BCUT2D eigenvalue weighted by Gasteiger charge is -2.15. The van der Waals surface area contributed by atoms with Crippen molar-refractivity contribution >= 4 is 17.7 Å². The summed E-state index contributed by atoms with van der Waals surface area (Å²) in [6.07, 6.45) is 2.30. The standard InChI is InChI=1S/C15H21NO2S/c17-15(18)7-6-13-8-9-16(12-13)10-11-19-14-4-2-1-3-5-14/h1-5,13H,6-12H2,(H,17,18). The van der Waals surface area contributed by atoms with Crippen LogP contribution in [0.25, 0.3) is 0 Å². The lowest BCUT2D eigenvalue weighted by molar-refractivity contribution is -0.137. The molecule has 1 aliphatic heterocycles. The highest BCUT2D eigenvalue weighted by Crippen LogP contribution is 2.22. The van der Waals surface area contributed by atoms with E-state index < -0.39 is 5.97 Å². The number of hydrogen-bond donors (Lipinski definition) is 1. The summed E-state index contributed by atoms with van der Waals surface area (Å²) >= 11 is 1.89. The normalized spacial score (nSPS) is 19.7. The first kappa shape index (κ1) is 14.4. The number of carboxylic acid groups (broad SMARTS) is 1. The summed E-state index contributed by atoms with van der Waals surface area (Å²) in [5.41, 5.74) is 0. The molecule has 1 saturated heterocycles. The molecule has 1 heterocycles. The Bertz CT molecular complexity index is 396. The quantitative estimate of drug-likeness (QED) is 0.779. The number of carbonyl (C=O) groups is 1. The van der Waals surface area contributed by atoms with Crippen molar-refractivity contribution in [3.63, 3.8) is 0 Å². The maximum Gasteiger partial charge on any atom is 0.303 e. The summed E-state index contributed by atoms with van der Waals surface area (Å²) in [5, 5.41) is 8.69. The van der Waals surface area contributed by atoms with Gasteiger partial charge < -0.3 is 10.0 Å². The number of rotatable bonds is 7. The number of likely N-dealkylation sites (tertiary alicyclic amines) is 1. The zero-order valence-corrected chi connectivity index (χ0v) is 11.9. The van der Waals surface area contributed by atoms with Crippen molar-refractivity contribution in [3.05, 3.63) is 30.3 Å². The van der Waals surface area contributed by atoms with Gasteiger partial charge in [0.2, 0.25) is 0 Å². The first-order valence-electron chi connectivity index (χ1n) is 6.86. The molecule has 0 aliphatic carbocycles. The van der Waals surface area contributed by atoms with E-state index in [1.807, 2.05) is 17.8 Å². The zero-order chi connectivity index (χ0) is 13.5. The first-order chi connectivity index (χ1) is 9.24. The topological polar surface area (TPSA) is 40.5 Å². The molecule has 4 heteroatoms. The molecule has 1 N–H and O–H groups in total. The van der Waals surface area contributed by atoms with Gasteiger partial charge in [-0.2, -0.15) is 0 Å². The highest BCUT2D eigenvalue weighted by molar-refractivity contribution is 7.99. The maximum absolute atomic E-state index is 10.5. The van der Waals surface area contributed by atoms with Gasteiger partial charge in [0.15, 0.2) is 0 Å². The van der Waals surface area contributed by atoms with Crippen LogP contribution in [0.3, 0.4) is 0 Å². The van der Waals surface area contributed by atoms with Gasteiger partial charge in [-0.3, -0.25) is 4.79 Å². The molecule has 1 unspecified atom stereocenters. The van der Waals surface area contributed by atoms with Crippen LogP contribution in [0.1, 0.15) is 19.3 Å². The van der Waals surface area contributed by atoms with Gasteiger partial charge in [0.25, 0.3) is 0 Å². The molecule has 1 fully saturated rings. The molecular weight excluding hydrogens is 258 g/mol. The average Bonchev–Trinajstić information content (AvgIpc) is 2.86. The van der Waals surface area contributed by atoms with Gasteiger partial charge in [-0.15, -0.1) is 11.8 Å². The Balaban J connectivity index is 1.61. The smallest absolute Gasteiger partial charge is 0.303 e. The second-order valence-electron chi connectivity index (χ2n) is 5.05. The number of thioether (sulfide) groups is 1. The molecule has 0 saturated carbocycles. The molecular formula is C15H21NO2S. The molecule has 2 rings (SSSR count). The minimum atomic E-state index is -0.668. The fraction of sp³-hybridized carbons (Fsp3) is 0.533. The van der Waals surface area contributed by atoms with Crippen LogP contribution < -0.4 is 0 Å². The third kappa shape index (κ3) is 5.25. The highest BCUT2D eigenvalue weighted by atomic mass is 32.2. The molecule has 1 aromatic carbocycles. The van der Waals surface area contributed by atoms with Crippen LogP contribution in [0, 0.1) is 5.92 Å². The number of nitrogens with zero attached hydrogens (tertiary/aromatic N) is 1. The van der Waals surface area contributed by atoms with E-state index in [2.05, 4.69) is 29.2 Å². The second kappa shape index (κ2) is 7.56. The monoisotopic (exact) mass is 279 g/mol. The summed E-state index contributed by atoms with van der Waals surface area (Å²) in [7, 11) is 0. The van der Waals surface area contributed by atoms with Crippen molar-refractivity contribution in [1.82, 2.24) is 4.90 Å². The van der Waals surface area contributed by atoms with Gasteiger partial charge in [0, 0.05) is 30.2 Å². The van der Waals surface area contributed by atoms with Crippen molar-refractivity contribution in [3.8, 4) is 0 Å². The molecule has 0 spiro atoms. The van der Waals surface area contributed by atoms with Crippen molar-refractivity contribution in [1.29, 1.82) is 0 Å². The van der Waals surface area contributed by atoms with E-state index in [4.69, 9.17) is 5.11 Å². The molecule has 3 nitrogen and oxygen atoms in total. The third-order valence-electron chi connectivity index (χ3n) is 3.56. The van der Waals surface area contributed by atoms with E-state index in [0.29, 0.717) is 12.3 Å². The average molecular weight is 279 g/mol. The summed E-state index contributed by atoms with van der Waals surface area (Å²) in [6, 6.07) is 10.5. The van der Waals surface area contributed by atoms with Gasteiger partial charge in [-0.05, 0) is 37.4 Å². The van der Waals surface area contributed by atoms with Gasteiger partial charge in [-0.25, -0.2) is 0 Å². The van der Waals surface area contributed by atoms with Crippen LogP contribution in [0.2, 0.25) is 0 Å². The van der Waals surface area contributed by atoms with Crippen molar-refractivity contribution in [2.75, 3.05) is 25.4 Å². The zero-order valence-electron chi connectivity index (χ0n) is 11.1. The Kier molecular flexibility index (Phi) is 5.73. The fourth-order valence-corrected chi connectivity index (χ4v) is 3.42. The molecule has 0 aromatic heterocycles. The minimum Gasteiger partial charge on any atom is -0.481 e. The third-order valence-corrected chi connectivity index (χ3v) is 4.55. The Labute approximate surface area is 119 Å².